The van der Waals surface area contributed by atoms with Gasteiger partial charge in [-0.15, -0.1) is 0 Å². The van der Waals surface area contributed by atoms with Gasteiger partial charge in [-0.3, -0.25) is 14.4 Å². The zero-order valence-corrected chi connectivity index (χ0v) is 23.2. The van der Waals surface area contributed by atoms with Crippen molar-refractivity contribution in [2.75, 3.05) is 5.32 Å². The van der Waals surface area contributed by atoms with Gasteiger partial charge in [0.25, 0.3) is 5.91 Å². The van der Waals surface area contributed by atoms with E-state index in [-0.39, 0.29) is 6.04 Å². The van der Waals surface area contributed by atoms with E-state index in [4.69, 9.17) is 10.5 Å². The van der Waals surface area contributed by atoms with Gasteiger partial charge in [0.15, 0.2) is 0 Å². The summed E-state index contributed by atoms with van der Waals surface area (Å²) in [5, 5.41) is 5.52. The van der Waals surface area contributed by atoms with Crippen LogP contribution in [0.15, 0.2) is 49.0 Å². The molecule has 1 fully saturated rings. The zero-order valence-electron chi connectivity index (χ0n) is 23.2. The topological polar surface area (TPSA) is 131 Å². The van der Waals surface area contributed by atoms with Gasteiger partial charge >= 0.3 is 6.09 Å². The van der Waals surface area contributed by atoms with Crippen molar-refractivity contribution in [3.63, 3.8) is 0 Å². The minimum Gasteiger partial charge on any atom is -0.444 e. The van der Waals surface area contributed by atoms with Gasteiger partial charge in [0.2, 0.25) is 11.8 Å². The number of para-hydroxylation sites is 1. The summed E-state index contributed by atoms with van der Waals surface area (Å²) in [7, 11) is 0. The lowest BCUT2D eigenvalue weighted by Gasteiger charge is -2.34. The van der Waals surface area contributed by atoms with Gasteiger partial charge in [0.1, 0.15) is 17.7 Å². The second-order valence-corrected chi connectivity index (χ2v) is 10.9. The number of amides is 4. The molecule has 0 radical (unpaired) electrons. The quantitative estimate of drug-likeness (QED) is 0.416. The summed E-state index contributed by atoms with van der Waals surface area (Å²) < 4.78 is 5.32. The van der Waals surface area contributed by atoms with Crippen molar-refractivity contribution in [2.45, 2.75) is 77.6 Å². The van der Waals surface area contributed by atoms with Crippen LogP contribution in [0.2, 0.25) is 0 Å². The predicted octanol–water partition coefficient (Wildman–Crippen LogP) is 4.39. The lowest BCUT2D eigenvalue weighted by Crippen LogP contribution is -2.54. The number of nitrogens with one attached hydrogen (secondary N) is 2. The van der Waals surface area contributed by atoms with Crippen LogP contribution in [0.25, 0.3) is 6.08 Å². The van der Waals surface area contributed by atoms with Crippen LogP contribution in [0, 0.1) is 13.8 Å². The lowest BCUT2D eigenvalue weighted by atomic mass is 9.99. The maximum atomic E-state index is 14.1. The minimum atomic E-state index is -1.31. The van der Waals surface area contributed by atoms with E-state index in [1.165, 1.54) is 4.90 Å². The highest BCUT2D eigenvalue weighted by Gasteiger charge is 2.44. The maximum absolute atomic E-state index is 14.1. The predicted molar refractivity (Wildman–Crippen MR) is 151 cm³/mol. The molecule has 0 heterocycles. The third-order valence-corrected chi connectivity index (χ3v) is 6.31. The number of hydrogen-bond acceptors (Lipinski definition) is 5. The number of primary amides is 1. The Morgan fingerprint density at radius 1 is 1.10 bits per heavy atom. The normalized spacial score (nSPS) is 14.5. The molecule has 1 aliphatic carbocycles. The number of nitrogens with two attached hydrogens (primary N) is 1. The van der Waals surface area contributed by atoms with E-state index in [0.717, 1.165) is 16.7 Å². The van der Waals surface area contributed by atoms with Crippen molar-refractivity contribution >= 4 is 35.6 Å². The molecule has 9 nitrogen and oxygen atoms in total. The van der Waals surface area contributed by atoms with Gasteiger partial charge in [-0.25, -0.2) is 4.79 Å². The lowest BCUT2D eigenvalue weighted by molar-refractivity contribution is -0.142. The summed E-state index contributed by atoms with van der Waals surface area (Å²) in [5.74, 6) is -1.78. The van der Waals surface area contributed by atoms with Crippen molar-refractivity contribution in [2.24, 2.45) is 5.73 Å². The molecule has 39 heavy (non-hydrogen) atoms. The number of carbonyl (C=O) groups is 4. The molecule has 1 aliphatic rings. The monoisotopic (exact) mass is 534 g/mol. The molecule has 0 saturated heterocycles. The first-order chi connectivity index (χ1) is 18.3. The number of aryl methyl sites for hydroxylation is 2. The first-order valence-corrected chi connectivity index (χ1v) is 13.0. The Morgan fingerprint density at radius 2 is 1.72 bits per heavy atom. The molecule has 2 unspecified atom stereocenters. The molecule has 208 valence electrons. The van der Waals surface area contributed by atoms with Crippen LogP contribution in [-0.2, 0) is 19.1 Å². The van der Waals surface area contributed by atoms with Gasteiger partial charge in [-0.1, -0.05) is 49.1 Å². The minimum absolute atomic E-state index is 0.255. The molecule has 0 bridgehead atoms. The summed E-state index contributed by atoms with van der Waals surface area (Å²) in [6.45, 7) is 12.7. The Kier molecular flexibility index (Phi) is 9.16. The van der Waals surface area contributed by atoms with Crippen LogP contribution in [0.1, 0.15) is 68.3 Å². The summed E-state index contributed by atoms with van der Waals surface area (Å²) in [5.41, 5.74) is 8.41. The molecule has 4 N–H and O–H groups in total. The van der Waals surface area contributed by atoms with Crippen molar-refractivity contribution in [3.8, 4) is 0 Å². The number of nitrogens with zero attached hydrogens (tertiary/aromatic N) is 1. The average Bonchev–Trinajstić information content (AvgIpc) is 3.67. The number of alkyl carbamates (subject to hydrolysis) is 1. The molecule has 3 rings (SSSR count). The molecule has 0 aromatic heterocycles. The molecule has 9 heteroatoms. The molecule has 1 saturated carbocycles. The van der Waals surface area contributed by atoms with Crippen LogP contribution < -0.4 is 16.4 Å². The summed E-state index contributed by atoms with van der Waals surface area (Å²) in [4.78, 5) is 54.1. The Hall–Kier alpha value is -4.14. The Bertz CT molecular complexity index is 1240. The number of hydrogen-bond donors (Lipinski definition) is 3. The molecule has 0 spiro atoms. The number of benzene rings is 2. The van der Waals surface area contributed by atoms with E-state index < -0.39 is 47.9 Å². The molecular formula is C30H38N4O5. The van der Waals surface area contributed by atoms with E-state index in [2.05, 4.69) is 17.2 Å². The van der Waals surface area contributed by atoms with Gasteiger partial charge in [0, 0.05) is 11.7 Å². The third-order valence-electron chi connectivity index (χ3n) is 6.31. The van der Waals surface area contributed by atoms with E-state index in [0.29, 0.717) is 24.1 Å². The van der Waals surface area contributed by atoms with E-state index in [1.807, 2.05) is 38.1 Å². The fraction of sp³-hybridized carbons (Fsp3) is 0.400. The summed E-state index contributed by atoms with van der Waals surface area (Å²) in [6, 6.07) is 10.3. The summed E-state index contributed by atoms with van der Waals surface area (Å²) in [6.07, 6.45) is 1.71. The van der Waals surface area contributed by atoms with Crippen molar-refractivity contribution < 1.29 is 23.9 Å². The van der Waals surface area contributed by atoms with E-state index >= 15 is 0 Å². The Balaban J connectivity index is 2.05. The fourth-order valence-corrected chi connectivity index (χ4v) is 4.40. The second kappa shape index (κ2) is 12.1. The van der Waals surface area contributed by atoms with E-state index in [1.54, 1.807) is 45.0 Å². The van der Waals surface area contributed by atoms with Gasteiger partial charge in [0.05, 0.1) is 6.42 Å². The van der Waals surface area contributed by atoms with Gasteiger partial charge < -0.3 is 26.0 Å². The number of rotatable bonds is 10. The van der Waals surface area contributed by atoms with Gasteiger partial charge in [-0.05, 0) is 75.8 Å². The number of carbonyl (C=O) groups excluding carboxylic acids is 4. The molecule has 2 atom stereocenters. The highest BCUT2D eigenvalue weighted by atomic mass is 16.6. The largest absolute Gasteiger partial charge is 0.444 e. The Labute approximate surface area is 229 Å². The van der Waals surface area contributed by atoms with Crippen molar-refractivity contribution in [1.82, 2.24) is 10.2 Å². The number of ether oxygens (including phenoxy) is 1. The van der Waals surface area contributed by atoms with Crippen LogP contribution in [0.3, 0.4) is 0 Å². The van der Waals surface area contributed by atoms with Gasteiger partial charge in [-0.2, -0.15) is 0 Å². The van der Waals surface area contributed by atoms with Crippen molar-refractivity contribution in [3.05, 3.63) is 71.3 Å². The van der Waals surface area contributed by atoms with Crippen molar-refractivity contribution in [1.29, 1.82) is 0 Å². The van der Waals surface area contributed by atoms with Crippen LogP contribution in [-0.4, -0.2) is 46.4 Å². The average molecular weight is 535 g/mol. The fourth-order valence-electron chi connectivity index (χ4n) is 4.40. The maximum Gasteiger partial charge on any atom is 0.408 e. The Morgan fingerprint density at radius 3 is 2.26 bits per heavy atom. The third kappa shape index (κ3) is 7.92. The molecule has 2 aromatic carbocycles. The number of anilines is 1. The highest BCUT2D eigenvalue weighted by molar-refractivity contribution is 6.00. The smallest absolute Gasteiger partial charge is 0.408 e. The first kappa shape index (κ1) is 29.4. The molecule has 0 aliphatic heterocycles. The zero-order chi connectivity index (χ0) is 28.9. The highest BCUT2D eigenvalue weighted by Crippen LogP contribution is 2.37. The SMILES string of the molecule is C=Cc1cccc(C(C(=O)Nc2c(C)cccc2C)N(C(=O)C(CC(N)=O)NC(=O)OC(C)(C)C)C2CC2)c1. The molecular weight excluding hydrogens is 496 g/mol. The van der Waals surface area contributed by atoms with Crippen LogP contribution in [0.5, 0.6) is 0 Å². The van der Waals surface area contributed by atoms with E-state index in [9.17, 15) is 19.2 Å². The van der Waals surface area contributed by atoms with Crippen LogP contribution >= 0.6 is 0 Å². The van der Waals surface area contributed by atoms with Crippen LogP contribution in [0.4, 0.5) is 10.5 Å². The standard InChI is InChI=1S/C30H38N4O5/c1-7-20-12-9-13-21(16-20)26(27(36)33-25-18(2)10-8-11-19(25)3)34(22-14-15-22)28(37)23(17-24(31)35)32-29(38)39-30(4,5)6/h7-13,16,22-23,26H,1,14-15,17H2,2-6H3,(H2,31,35)(H,32,38)(H,33,36). The molecule has 4 amide bonds. The molecule has 2 aromatic rings. The second-order valence-electron chi connectivity index (χ2n) is 10.9. The first-order valence-electron chi connectivity index (χ1n) is 13.0. The summed E-state index contributed by atoms with van der Waals surface area (Å²) >= 11 is 0.